The van der Waals surface area contributed by atoms with Crippen LogP contribution in [-0.2, 0) is 0 Å². The first kappa shape index (κ1) is 14.0. The molecular weight excluding hydrogens is 196 g/mol. The van der Waals surface area contributed by atoms with E-state index < -0.39 is 0 Å². The molecule has 0 radical (unpaired) electrons. The van der Waals surface area contributed by atoms with E-state index in [1.807, 2.05) is 0 Å². The van der Waals surface area contributed by atoms with E-state index in [1.54, 1.807) is 0 Å². The fourth-order valence-electron chi connectivity index (χ4n) is 2.77. The van der Waals surface area contributed by atoms with E-state index in [0.29, 0.717) is 5.41 Å². The van der Waals surface area contributed by atoms with Gasteiger partial charge in [-0.3, -0.25) is 0 Å². The van der Waals surface area contributed by atoms with Crippen LogP contribution in [0.5, 0.6) is 0 Å². The van der Waals surface area contributed by atoms with Crippen molar-refractivity contribution in [2.24, 2.45) is 23.0 Å². The Morgan fingerprint density at radius 2 is 1.75 bits per heavy atom. The highest BCUT2D eigenvalue weighted by Crippen LogP contribution is 2.39. The highest BCUT2D eigenvalue weighted by atomic mass is 14.9. The molecule has 0 heterocycles. The van der Waals surface area contributed by atoms with Crippen molar-refractivity contribution in [3.05, 3.63) is 0 Å². The van der Waals surface area contributed by atoms with Gasteiger partial charge in [-0.15, -0.1) is 0 Å². The molecule has 1 aliphatic carbocycles. The van der Waals surface area contributed by atoms with Gasteiger partial charge < -0.3 is 11.1 Å². The fraction of sp³-hybridized carbons (Fsp3) is 1.00. The van der Waals surface area contributed by atoms with Crippen LogP contribution in [0.1, 0.15) is 52.9 Å². The van der Waals surface area contributed by atoms with Gasteiger partial charge in [-0.25, -0.2) is 0 Å². The first-order valence-corrected chi connectivity index (χ1v) is 6.95. The Balaban J connectivity index is 2.12. The summed E-state index contributed by atoms with van der Waals surface area (Å²) in [5.41, 5.74) is 5.99. The molecule has 0 aromatic rings. The summed E-state index contributed by atoms with van der Waals surface area (Å²) in [6.07, 6.45) is 6.78. The van der Waals surface area contributed by atoms with Crippen LogP contribution in [0, 0.1) is 17.3 Å². The lowest BCUT2D eigenvalue weighted by atomic mass is 9.70. The van der Waals surface area contributed by atoms with E-state index in [0.717, 1.165) is 31.3 Å². The van der Waals surface area contributed by atoms with Crippen LogP contribution in [0.25, 0.3) is 0 Å². The number of nitrogens with two attached hydrogens (primary N) is 1. The SMILES string of the molecule is CC(C)(C)C1CCC(CNCCCN)CC1. The molecule has 0 atom stereocenters. The van der Waals surface area contributed by atoms with Gasteiger partial charge in [0, 0.05) is 0 Å². The van der Waals surface area contributed by atoms with Crippen molar-refractivity contribution < 1.29 is 0 Å². The minimum atomic E-state index is 0.512. The maximum absolute atomic E-state index is 5.47. The van der Waals surface area contributed by atoms with Crippen molar-refractivity contribution in [3.63, 3.8) is 0 Å². The van der Waals surface area contributed by atoms with E-state index in [2.05, 4.69) is 26.1 Å². The zero-order chi connectivity index (χ0) is 12.0. The van der Waals surface area contributed by atoms with Crippen LogP contribution in [0.4, 0.5) is 0 Å². The monoisotopic (exact) mass is 226 g/mol. The van der Waals surface area contributed by atoms with Gasteiger partial charge in [0.1, 0.15) is 0 Å². The minimum Gasteiger partial charge on any atom is -0.330 e. The van der Waals surface area contributed by atoms with Crippen LogP contribution in [0.2, 0.25) is 0 Å². The number of hydrogen-bond donors (Lipinski definition) is 2. The first-order valence-electron chi connectivity index (χ1n) is 6.95. The van der Waals surface area contributed by atoms with Gasteiger partial charge in [-0.2, -0.15) is 0 Å². The van der Waals surface area contributed by atoms with Crippen LogP contribution in [0.15, 0.2) is 0 Å². The Bertz CT molecular complexity index is 176. The third kappa shape index (κ3) is 4.84. The molecule has 1 rings (SSSR count). The lowest BCUT2D eigenvalue weighted by molar-refractivity contribution is 0.149. The second-order valence-electron chi connectivity index (χ2n) is 6.43. The van der Waals surface area contributed by atoms with Crippen molar-refractivity contribution in [2.45, 2.75) is 52.9 Å². The highest BCUT2D eigenvalue weighted by Gasteiger charge is 2.29. The molecule has 0 aromatic heterocycles. The second kappa shape index (κ2) is 6.61. The quantitative estimate of drug-likeness (QED) is 0.707. The van der Waals surface area contributed by atoms with Crippen LogP contribution in [0.3, 0.4) is 0 Å². The van der Waals surface area contributed by atoms with Gasteiger partial charge in [-0.05, 0) is 69.0 Å². The van der Waals surface area contributed by atoms with Gasteiger partial charge in [0.2, 0.25) is 0 Å². The highest BCUT2D eigenvalue weighted by molar-refractivity contribution is 4.81. The van der Waals surface area contributed by atoms with E-state index in [1.165, 1.54) is 32.2 Å². The normalized spacial score (nSPS) is 27.0. The average molecular weight is 226 g/mol. The van der Waals surface area contributed by atoms with E-state index in [9.17, 15) is 0 Å². The standard InChI is InChI=1S/C14H30N2/c1-14(2,3)13-7-5-12(6-8-13)11-16-10-4-9-15/h12-13,16H,4-11,15H2,1-3H3. The molecule has 0 aliphatic heterocycles. The van der Waals surface area contributed by atoms with Crippen molar-refractivity contribution in [3.8, 4) is 0 Å². The summed E-state index contributed by atoms with van der Waals surface area (Å²) in [4.78, 5) is 0. The Morgan fingerprint density at radius 1 is 1.12 bits per heavy atom. The number of rotatable bonds is 5. The summed E-state index contributed by atoms with van der Waals surface area (Å²) in [5, 5.41) is 3.53. The maximum atomic E-state index is 5.47. The molecule has 0 saturated heterocycles. The molecule has 96 valence electrons. The van der Waals surface area contributed by atoms with Gasteiger partial charge in [0.15, 0.2) is 0 Å². The number of hydrogen-bond acceptors (Lipinski definition) is 2. The first-order chi connectivity index (χ1) is 7.54. The van der Waals surface area contributed by atoms with Gasteiger partial charge in [0.05, 0.1) is 0 Å². The Morgan fingerprint density at radius 3 is 2.25 bits per heavy atom. The molecule has 0 amide bonds. The van der Waals surface area contributed by atoms with Crippen molar-refractivity contribution >= 4 is 0 Å². The molecule has 3 N–H and O–H groups in total. The minimum absolute atomic E-state index is 0.512. The molecule has 16 heavy (non-hydrogen) atoms. The zero-order valence-corrected chi connectivity index (χ0v) is 11.4. The van der Waals surface area contributed by atoms with Gasteiger partial charge in [0.25, 0.3) is 0 Å². The summed E-state index contributed by atoms with van der Waals surface area (Å²) in [7, 11) is 0. The Hall–Kier alpha value is -0.0800. The van der Waals surface area contributed by atoms with E-state index in [4.69, 9.17) is 5.73 Å². The van der Waals surface area contributed by atoms with E-state index in [-0.39, 0.29) is 0 Å². The molecule has 0 bridgehead atoms. The van der Waals surface area contributed by atoms with Crippen LogP contribution in [-0.4, -0.2) is 19.6 Å². The summed E-state index contributed by atoms with van der Waals surface area (Å²) in [6.45, 7) is 10.3. The van der Waals surface area contributed by atoms with E-state index >= 15 is 0 Å². The summed E-state index contributed by atoms with van der Waals surface area (Å²) < 4.78 is 0. The molecule has 1 aliphatic rings. The van der Waals surface area contributed by atoms with Crippen molar-refractivity contribution in [2.75, 3.05) is 19.6 Å². The van der Waals surface area contributed by atoms with Gasteiger partial charge >= 0.3 is 0 Å². The predicted octanol–water partition coefficient (Wildman–Crippen LogP) is 2.78. The lowest BCUT2D eigenvalue weighted by Crippen LogP contribution is -2.31. The maximum Gasteiger partial charge on any atom is -0.00205 e. The topological polar surface area (TPSA) is 38.0 Å². The average Bonchev–Trinajstić information content (AvgIpc) is 2.24. The Kier molecular flexibility index (Phi) is 5.77. The van der Waals surface area contributed by atoms with Crippen LogP contribution >= 0.6 is 0 Å². The molecule has 1 fully saturated rings. The molecule has 2 heteroatoms. The Labute approximate surface area is 101 Å². The predicted molar refractivity (Wildman–Crippen MR) is 71.4 cm³/mol. The molecule has 0 unspecified atom stereocenters. The molecular formula is C14H30N2. The lowest BCUT2D eigenvalue weighted by Gasteiger charge is -2.37. The summed E-state index contributed by atoms with van der Waals surface area (Å²) in [5.74, 6) is 1.85. The largest absolute Gasteiger partial charge is 0.330 e. The molecule has 2 nitrogen and oxygen atoms in total. The zero-order valence-electron chi connectivity index (χ0n) is 11.4. The fourth-order valence-corrected chi connectivity index (χ4v) is 2.77. The van der Waals surface area contributed by atoms with Crippen molar-refractivity contribution in [1.82, 2.24) is 5.32 Å². The smallest absolute Gasteiger partial charge is 0.00205 e. The summed E-state index contributed by atoms with van der Waals surface area (Å²) in [6, 6.07) is 0. The number of nitrogens with one attached hydrogen (secondary N) is 1. The van der Waals surface area contributed by atoms with Gasteiger partial charge in [-0.1, -0.05) is 20.8 Å². The summed E-state index contributed by atoms with van der Waals surface area (Å²) >= 11 is 0. The van der Waals surface area contributed by atoms with Crippen molar-refractivity contribution in [1.29, 1.82) is 0 Å². The molecule has 1 saturated carbocycles. The third-order valence-electron chi connectivity index (χ3n) is 4.06. The molecule has 0 spiro atoms. The van der Waals surface area contributed by atoms with Crippen LogP contribution < -0.4 is 11.1 Å². The molecule has 0 aromatic carbocycles. The third-order valence-corrected chi connectivity index (χ3v) is 4.06. The second-order valence-corrected chi connectivity index (χ2v) is 6.43.